The summed E-state index contributed by atoms with van der Waals surface area (Å²) in [6.07, 6.45) is 3.13. The van der Waals surface area contributed by atoms with E-state index in [-0.39, 0.29) is 12.7 Å². The molecule has 7 nitrogen and oxygen atoms in total. The molecule has 5 heterocycles. The van der Waals surface area contributed by atoms with E-state index in [0.29, 0.717) is 24.7 Å². The molecule has 2 aliphatic rings. The van der Waals surface area contributed by atoms with Gasteiger partial charge in [0.05, 0.1) is 35.7 Å². The van der Waals surface area contributed by atoms with Crippen LogP contribution in [0.4, 0.5) is 0 Å². The molecule has 0 unspecified atom stereocenters. The van der Waals surface area contributed by atoms with Gasteiger partial charge in [0.15, 0.2) is 11.9 Å². The Bertz CT molecular complexity index is 1330. The molecule has 2 N–H and O–H groups in total. The van der Waals surface area contributed by atoms with Crippen LogP contribution in [0.1, 0.15) is 33.6 Å². The standard InChI is InChI=1S/C24H22ClN3O4S/c25-14-7-13-8-21(23-18-11-26-3-2-19(18)28-32-23)31-22(13)17(9-14)16-1-4-27-20-10-15(33-24(16)20)12-30-6-5-29/h1,4,7,9-10,21,26,29H,2-3,5-6,8,11-12H2/t21-/m1/s1. The number of benzene rings is 1. The summed E-state index contributed by atoms with van der Waals surface area (Å²) in [5, 5.41) is 17.3. The first kappa shape index (κ1) is 21.1. The zero-order valence-corrected chi connectivity index (χ0v) is 19.3. The van der Waals surface area contributed by atoms with E-state index in [2.05, 4.69) is 15.5 Å². The molecule has 0 spiro atoms. The van der Waals surface area contributed by atoms with Gasteiger partial charge in [0, 0.05) is 64.3 Å². The van der Waals surface area contributed by atoms with Gasteiger partial charge in [-0.3, -0.25) is 4.98 Å². The van der Waals surface area contributed by atoms with Crippen molar-refractivity contribution >= 4 is 33.2 Å². The van der Waals surface area contributed by atoms with Crippen LogP contribution < -0.4 is 10.1 Å². The summed E-state index contributed by atoms with van der Waals surface area (Å²) in [4.78, 5) is 5.59. The Morgan fingerprint density at radius 1 is 1.27 bits per heavy atom. The van der Waals surface area contributed by atoms with Gasteiger partial charge >= 0.3 is 0 Å². The number of fused-ring (bicyclic) bond motifs is 3. The van der Waals surface area contributed by atoms with Gasteiger partial charge in [-0.25, -0.2) is 0 Å². The van der Waals surface area contributed by atoms with Crippen LogP contribution >= 0.6 is 22.9 Å². The lowest BCUT2D eigenvalue weighted by molar-refractivity contribution is 0.0831. The molecular formula is C24H22ClN3O4S. The highest BCUT2D eigenvalue weighted by atomic mass is 35.5. The van der Waals surface area contributed by atoms with Crippen molar-refractivity contribution in [2.24, 2.45) is 0 Å². The number of hydrogen-bond donors (Lipinski definition) is 2. The predicted molar refractivity (Wildman–Crippen MR) is 126 cm³/mol. The summed E-state index contributed by atoms with van der Waals surface area (Å²) in [5.41, 5.74) is 6.07. The molecule has 3 aromatic heterocycles. The summed E-state index contributed by atoms with van der Waals surface area (Å²) in [6, 6.07) is 7.96. The number of pyridine rings is 1. The van der Waals surface area contributed by atoms with E-state index in [1.54, 1.807) is 17.5 Å². The molecule has 0 bridgehead atoms. The molecule has 0 saturated carbocycles. The number of nitrogens with one attached hydrogen (secondary N) is 1. The van der Waals surface area contributed by atoms with Gasteiger partial charge in [0.25, 0.3) is 0 Å². The smallest absolute Gasteiger partial charge is 0.182 e. The van der Waals surface area contributed by atoms with Gasteiger partial charge in [-0.15, -0.1) is 11.3 Å². The molecular weight excluding hydrogens is 462 g/mol. The van der Waals surface area contributed by atoms with E-state index in [1.165, 1.54) is 0 Å². The summed E-state index contributed by atoms with van der Waals surface area (Å²) < 4.78 is 18.8. The number of thiophene rings is 1. The average Bonchev–Trinajstić information content (AvgIpc) is 3.54. The van der Waals surface area contributed by atoms with Gasteiger partial charge in [0.2, 0.25) is 0 Å². The van der Waals surface area contributed by atoms with Crippen molar-refractivity contribution in [3.8, 4) is 16.9 Å². The van der Waals surface area contributed by atoms with E-state index in [9.17, 15) is 0 Å². The zero-order valence-electron chi connectivity index (χ0n) is 17.8. The van der Waals surface area contributed by atoms with Gasteiger partial charge < -0.3 is 24.4 Å². The van der Waals surface area contributed by atoms with Gasteiger partial charge in [-0.05, 0) is 24.3 Å². The number of rotatable bonds is 6. The van der Waals surface area contributed by atoms with E-state index in [1.807, 2.05) is 24.3 Å². The maximum Gasteiger partial charge on any atom is 0.182 e. The van der Waals surface area contributed by atoms with Crippen LogP contribution in [0, 0.1) is 0 Å². The Hall–Kier alpha value is -2.49. The monoisotopic (exact) mass is 483 g/mol. The minimum Gasteiger partial charge on any atom is -0.481 e. The van der Waals surface area contributed by atoms with Gasteiger partial charge in [-0.1, -0.05) is 16.8 Å². The molecule has 1 aromatic carbocycles. The molecule has 2 aliphatic heterocycles. The minimum atomic E-state index is -0.225. The number of aliphatic hydroxyl groups is 1. The number of aromatic nitrogens is 2. The lowest BCUT2D eigenvalue weighted by atomic mass is 9.99. The fraction of sp³-hybridized carbons (Fsp3) is 0.333. The molecule has 0 fully saturated rings. The van der Waals surface area contributed by atoms with Crippen LogP contribution in [0.15, 0.2) is 35.0 Å². The number of halogens is 1. The van der Waals surface area contributed by atoms with Crippen LogP contribution in [0.3, 0.4) is 0 Å². The average molecular weight is 484 g/mol. The van der Waals surface area contributed by atoms with Gasteiger partial charge in [0.1, 0.15) is 5.75 Å². The van der Waals surface area contributed by atoms with Crippen molar-refractivity contribution in [1.82, 2.24) is 15.5 Å². The van der Waals surface area contributed by atoms with E-state index >= 15 is 0 Å². The third-order valence-corrected chi connectivity index (χ3v) is 7.41. The Balaban J connectivity index is 1.38. The molecule has 9 heteroatoms. The molecule has 170 valence electrons. The van der Waals surface area contributed by atoms with E-state index in [4.69, 9.17) is 30.7 Å². The maximum atomic E-state index is 8.97. The molecule has 1 atom stereocenters. The first-order valence-electron chi connectivity index (χ1n) is 10.9. The number of aliphatic hydroxyl groups excluding tert-OH is 1. The summed E-state index contributed by atoms with van der Waals surface area (Å²) in [5.74, 6) is 1.63. The third-order valence-electron chi connectivity index (χ3n) is 6.06. The fourth-order valence-electron chi connectivity index (χ4n) is 4.59. The van der Waals surface area contributed by atoms with E-state index in [0.717, 1.165) is 74.1 Å². The second-order valence-electron chi connectivity index (χ2n) is 8.21. The van der Waals surface area contributed by atoms with Crippen molar-refractivity contribution in [2.75, 3.05) is 19.8 Å². The highest BCUT2D eigenvalue weighted by Crippen LogP contribution is 2.48. The molecule has 33 heavy (non-hydrogen) atoms. The predicted octanol–water partition coefficient (Wildman–Crippen LogP) is 4.44. The number of hydrogen-bond acceptors (Lipinski definition) is 8. The number of ether oxygens (including phenoxy) is 2. The lowest BCUT2D eigenvalue weighted by Crippen LogP contribution is -2.24. The van der Waals surface area contributed by atoms with Crippen molar-refractivity contribution in [1.29, 1.82) is 0 Å². The highest BCUT2D eigenvalue weighted by Gasteiger charge is 2.34. The van der Waals surface area contributed by atoms with Crippen LogP contribution in [0.5, 0.6) is 5.75 Å². The molecule has 4 aromatic rings. The fourth-order valence-corrected chi connectivity index (χ4v) is 5.91. The number of nitrogens with zero attached hydrogens (tertiary/aromatic N) is 2. The molecule has 6 rings (SSSR count). The SMILES string of the molecule is OCCOCc1cc2nccc(-c3cc(Cl)cc4c3O[C@@H](c3onc5c3CNCC5)C4)c2s1. The van der Waals surface area contributed by atoms with Crippen molar-refractivity contribution in [3.63, 3.8) is 0 Å². The normalized spacial score (nSPS) is 17.2. The van der Waals surface area contributed by atoms with Crippen molar-refractivity contribution < 1.29 is 19.1 Å². The Kier molecular flexibility index (Phi) is 5.55. The lowest BCUT2D eigenvalue weighted by Gasteiger charge is -2.15. The quantitative estimate of drug-likeness (QED) is 0.392. The Morgan fingerprint density at radius 2 is 2.21 bits per heavy atom. The second-order valence-corrected chi connectivity index (χ2v) is 9.79. The summed E-state index contributed by atoms with van der Waals surface area (Å²) >= 11 is 8.18. The highest BCUT2D eigenvalue weighted by molar-refractivity contribution is 7.19. The minimum absolute atomic E-state index is 0.00596. The molecule has 0 saturated heterocycles. The van der Waals surface area contributed by atoms with Crippen LogP contribution in [0.2, 0.25) is 5.02 Å². The third kappa shape index (κ3) is 3.82. The van der Waals surface area contributed by atoms with Crippen LogP contribution in [-0.2, 0) is 30.7 Å². The van der Waals surface area contributed by atoms with Crippen LogP contribution in [-0.4, -0.2) is 35.0 Å². The second kappa shape index (κ2) is 8.70. The summed E-state index contributed by atoms with van der Waals surface area (Å²) in [7, 11) is 0. The molecule has 0 radical (unpaired) electrons. The molecule has 0 amide bonds. The van der Waals surface area contributed by atoms with Crippen molar-refractivity contribution in [3.05, 3.63) is 62.9 Å². The first-order valence-corrected chi connectivity index (χ1v) is 12.1. The zero-order chi connectivity index (χ0) is 22.4. The first-order chi connectivity index (χ1) is 16.2. The molecule has 0 aliphatic carbocycles. The topological polar surface area (TPSA) is 89.6 Å². The Labute approximate surface area is 199 Å². The summed E-state index contributed by atoms with van der Waals surface area (Å²) in [6.45, 7) is 2.42. The van der Waals surface area contributed by atoms with Gasteiger partial charge in [-0.2, -0.15) is 0 Å². The maximum absolute atomic E-state index is 8.97. The Morgan fingerprint density at radius 3 is 3.12 bits per heavy atom. The van der Waals surface area contributed by atoms with Crippen LogP contribution in [0.25, 0.3) is 21.3 Å². The largest absolute Gasteiger partial charge is 0.481 e. The van der Waals surface area contributed by atoms with Crippen molar-refractivity contribution in [2.45, 2.75) is 32.1 Å². The van der Waals surface area contributed by atoms with E-state index < -0.39 is 0 Å².